The normalized spacial score (nSPS) is 41.6. The molecule has 1 saturated heterocycles. The van der Waals surface area contributed by atoms with Crippen molar-refractivity contribution in [2.75, 3.05) is 0 Å². The maximum atomic E-state index is 13.3. The zero-order chi connectivity index (χ0) is 20.8. The third-order valence-electron chi connectivity index (χ3n) is 8.15. The van der Waals surface area contributed by atoms with E-state index in [1.165, 1.54) is 6.42 Å². The van der Waals surface area contributed by atoms with Crippen molar-refractivity contribution in [3.05, 3.63) is 0 Å². The second-order valence-electron chi connectivity index (χ2n) is 9.71. The van der Waals surface area contributed by atoms with E-state index in [2.05, 4.69) is 6.92 Å². The molecule has 0 amide bonds. The van der Waals surface area contributed by atoms with E-state index in [9.17, 15) is 14.4 Å². The molecule has 0 spiro atoms. The SMILES string of the molecule is CCC(C)C(=O)OC1C2CCC1C(C(=O)OC1(CC)CC3CCC1C3)CC(=O)O2. The van der Waals surface area contributed by atoms with Crippen molar-refractivity contribution in [1.82, 2.24) is 0 Å². The van der Waals surface area contributed by atoms with Crippen LogP contribution < -0.4 is 0 Å². The lowest BCUT2D eigenvalue weighted by Crippen LogP contribution is -2.44. The van der Waals surface area contributed by atoms with Gasteiger partial charge < -0.3 is 14.2 Å². The lowest BCUT2D eigenvalue weighted by atomic mass is 9.81. The molecule has 1 aliphatic heterocycles. The van der Waals surface area contributed by atoms with Gasteiger partial charge >= 0.3 is 17.9 Å². The summed E-state index contributed by atoms with van der Waals surface area (Å²) in [6, 6.07) is 0. The van der Waals surface area contributed by atoms with Crippen molar-refractivity contribution >= 4 is 17.9 Å². The van der Waals surface area contributed by atoms with E-state index in [1.54, 1.807) is 0 Å². The quantitative estimate of drug-likeness (QED) is 0.493. The molecule has 3 aliphatic carbocycles. The number of carbonyl (C=O) groups is 3. The van der Waals surface area contributed by atoms with Crippen LogP contribution in [-0.2, 0) is 28.6 Å². The molecule has 0 N–H and O–H groups in total. The van der Waals surface area contributed by atoms with Gasteiger partial charge in [0.2, 0.25) is 0 Å². The summed E-state index contributed by atoms with van der Waals surface area (Å²) in [5.74, 6) is -0.877. The van der Waals surface area contributed by atoms with Gasteiger partial charge in [-0.3, -0.25) is 14.4 Å². The summed E-state index contributed by atoms with van der Waals surface area (Å²) in [4.78, 5) is 38.1. The lowest BCUT2D eigenvalue weighted by Gasteiger charge is -2.38. The monoisotopic (exact) mass is 406 g/mol. The Hall–Kier alpha value is -1.59. The van der Waals surface area contributed by atoms with E-state index in [1.807, 2.05) is 13.8 Å². The van der Waals surface area contributed by atoms with Gasteiger partial charge in [0.1, 0.15) is 17.8 Å². The van der Waals surface area contributed by atoms with Crippen molar-refractivity contribution < 1.29 is 28.6 Å². The molecule has 4 aliphatic rings. The zero-order valence-corrected chi connectivity index (χ0v) is 17.9. The zero-order valence-electron chi connectivity index (χ0n) is 17.9. The minimum absolute atomic E-state index is 0.0191. The fourth-order valence-electron chi connectivity index (χ4n) is 6.20. The van der Waals surface area contributed by atoms with Crippen LogP contribution >= 0.6 is 0 Å². The van der Waals surface area contributed by atoms with E-state index in [-0.39, 0.29) is 41.8 Å². The molecule has 6 heteroatoms. The second kappa shape index (κ2) is 7.92. The first-order valence-electron chi connectivity index (χ1n) is 11.5. The fraction of sp³-hybridized carbons (Fsp3) is 0.870. The van der Waals surface area contributed by atoms with Gasteiger partial charge in [0.25, 0.3) is 0 Å². The minimum atomic E-state index is -0.590. The molecule has 8 unspecified atom stereocenters. The average Bonchev–Trinajstić information content (AvgIpc) is 3.38. The maximum absolute atomic E-state index is 13.3. The van der Waals surface area contributed by atoms with Gasteiger partial charge in [-0.15, -0.1) is 0 Å². The van der Waals surface area contributed by atoms with Gasteiger partial charge in [0.15, 0.2) is 0 Å². The Morgan fingerprint density at radius 2 is 2.00 bits per heavy atom. The van der Waals surface area contributed by atoms with E-state index in [4.69, 9.17) is 14.2 Å². The van der Waals surface area contributed by atoms with Crippen LogP contribution in [0.15, 0.2) is 0 Å². The molecule has 4 bridgehead atoms. The van der Waals surface area contributed by atoms with Gasteiger partial charge in [-0.25, -0.2) is 0 Å². The smallest absolute Gasteiger partial charge is 0.310 e. The molecule has 0 aromatic carbocycles. The Bertz CT molecular complexity index is 674. The standard InChI is InChI=1S/C23H34O6/c1-4-13(3)21(25)28-20-16-8-9-18(20)27-19(24)11-17(16)22(26)29-23(5-2)12-14-6-7-15(23)10-14/h13-18,20H,4-12H2,1-3H3. The summed E-state index contributed by atoms with van der Waals surface area (Å²) in [7, 11) is 0. The summed E-state index contributed by atoms with van der Waals surface area (Å²) in [6.45, 7) is 5.86. The molecule has 3 saturated carbocycles. The number of hydrogen-bond acceptors (Lipinski definition) is 6. The van der Waals surface area contributed by atoms with Crippen LogP contribution in [0.25, 0.3) is 0 Å². The Balaban J connectivity index is 1.51. The predicted molar refractivity (Wildman–Crippen MR) is 105 cm³/mol. The molecule has 4 fully saturated rings. The Kier molecular flexibility index (Phi) is 5.64. The molecule has 6 nitrogen and oxygen atoms in total. The van der Waals surface area contributed by atoms with E-state index < -0.39 is 18.1 Å². The van der Waals surface area contributed by atoms with Gasteiger partial charge in [-0.1, -0.05) is 20.8 Å². The molecule has 0 aromatic heterocycles. The number of esters is 3. The largest absolute Gasteiger partial charge is 0.459 e. The number of hydrogen-bond donors (Lipinski definition) is 0. The molecule has 29 heavy (non-hydrogen) atoms. The van der Waals surface area contributed by atoms with Crippen molar-refractivity contribution in [2.24, 2.45) is 29.6 Å². The van der Waals surface area contributed by atoms with Crippen LogP contribution in [0.2, 0.25) is 0 Å². The highest BCUT2D eigenvalue weighted by Gasteiger charge is 2.56. The molecule has 162 valence electrons. The highest BCUT2D eigenvalue weighted by molar-refractivity contribution is 5.81. The Morgan fingerprint density at radius 3 is 2.62 bits per heavy atom. The molecular formula is C23H34O6. The first-order chi connectivity index (χ1) is 13.9. The molecular weight excluding hydrogens is 372 g/mol. The second-order valence-corrected chi connectivity index (χ2v) is 9.71. The van der Waals surface area contributed by atoms with Crippen LogP contribution in [0, 0.1) is 29.6 Å². The van der Waals surface area contributed by atoms with E-state index in [0.717, 1.165) is 25.7 Å². The predicted octanol–water partition coefficient (Wildman–Crippen LogP) is 3.80. The Morgan fingerprint density at radius 1 is 1.21 bits per heavy atom. The molecule has 8 atom stereocenters. The molecule has 4 rings (SSSR count). The van der Waals surface area contributed by atoms with Crippen molar-refractivity contribution in [1.29, 1.82) is 0 Å². The summed E-state index contributed by atoms with van der Waals surface area (Å²) in [6.07, 6.45) is 6.32. The van der Waals surface area contributed by atoms with Crippen LogP contribution in [0.5, 0.6) is 0 Å². The number of rotatable bonds is 6. The topological polar surface area (TPSA) is 78.9 Å². The Labute approximate surface area is 173 Å². The van der Waals surface area contributed by atoms with Crippen LogP contribution in [0.1, 0.15) is 78.6 Å². The third kappa shape index (κ3) is 3.68. The summed E-state index contributed by atoms with van der Waals surface area (Å²) >= 11 is 0. The van der Waals surface area contributed by atoms with Crippen molar-refractivity contribution in [3.63, 3.8) is 0 Å². The summed E-state index contributed by atoms with van der Waals surface area (Å²) in [5, 5.41) is 0. The first kappa shape index (κ1) is 20.7. The molecule has 1 heterocycles. The highest BCUT2D eigenvalue weighted by atomic mass is 16.6. The summed E-state index contributed by atoms with van der Waals surface area (Å²) < 4.78 is 17.6. The van der Waals surface area contributed by atoms with Crippen molar-refractivity contribution in [3.8, 4) is 0 Å². The van der Waals surface area contributed by atoms with Crippen LogP contribution in [0.4, 0.5) is 0 Å². The average molecular weight is 407 g/mol. The van der Waals surface area contributed by atoms with Gasteiger partial charge in [-0.05, 0) is 63.2 Å². The van der Waals surface area contributed by atoms with Gasteiger partial charge in [0, 0.05) is 5.92 Å². The van der Waals surface area contributed by atoms with Gasteiger partial charge in [0.05, 0.1) is 18.3 Å². The fourth-order valence-corrected chi connectivity index (χ4v) is 6.20. The number of fused-ring (bicyclic) bond motifs is 4. The van der Waals surface area contributed by atoms with E-state index >= 15 is 0 Å². The minimum Gasteiger partial charge on any atom is -0.459 e. The lowest BCUT2D eigenvalue weighted by molar-refractivity contribution is -0.177. The maximum Gasteiger partial charge on any atom is 0.310 e. The molecule has 0 radical (unpaired) electrons. The highest BCUT2D eigenvalue weighted by Crippen LogP contribution is 2.54. The number of ether oxygens (including phenoxy) is 3. The molecule has 0 aromatic rings. The summed E-state index contributed by atoms with van der Waals surface area (Å²) in [5.41, 5.74) is -0.378. The van der Waals surface area contributed by atoms with Crippen molar-refractivity contribution in [2.45, 2.75) is 96.4 Å². The number of carbonyl (C=O) groups excluding carboxylic acids is 3. The van der Waals surface area contributed by atoms with Crippen LogP contribution in [0.3, 0.4) is 0 Å². The van der Waals surface area contributed by atoms with Crippen LogP contribution in [-0.4, -0.2) is 35.7 Å². The van der Waals surface area contributed by atoms with Gasteiger partial charge in [-0.2, -0.15) is 0 Å². The van der Waals surface area contributed by atoms with E-state index in [0.29, 0.717) is 31.1 Å². The first-order valence-corrected chi connectivity index (χ1v) is 11.5. The third-order valence-corrected chi connectivity index (χ3v) is 8.15.